The van der Waals surface area contributed by atoms with Gasteiger partial charge < -0.3 is 10.5 Å². The van der Waals surface area contributed by atoms with Gasteiger partial charge in [-0.2, -0.15) is 11.8 Å². The zero-order valence-corrected chi connectivity index (χ0v) is 14.4. The van der Waals surface area contributed by atoms with Gasteiger partial charge in [-0.25, -0.2) is 0 Å². The molecule has 0 radical (unpaired) electrons. The Morgan fingerprint density at radius 2 is 2.33 bits per heavy atom. The van der Waals surface area contributed by atoms with E-state index in [2.05, 4.69) is 27.4 Å². The maximum absolute atomic E-state index is 6.17. The highest BCUT2D eigenvalue weighted by molar-refractivity contribution is 9.10. The largest absolute Gasteiger partial charge is 0.398 e. The van der Waals surface area contributed by atoms with Gasteiger partial charge >= 0.3 is 0 Å². The molecule has 4 nitrogen and oxygen atoms in total. The first-order valence-electron chi connectivity index (χ1n) is 7.36. The third-order valence-corrected chi connectivity index (χ3v) is 6.35. The van der Waals surface area contributed by atoms with Crippen LogP contribution < -0.4 is 17.0 Å². The smallest absolute Gasteiger partial charge is 0.0783 e. The molecule has 2 fully saturated rings. The van der Waals surface area contributed by atoms with Crippen molar-refractivity contribution in [2.45, 2.75) is 30.9 Å². The lowest BCUT2D eigenvalue weighted by atomic mass is 9.79. The lowest BCUT2D eigenvalue weighted by molar-refractivity contribution is -0.0854. The molecule has 2 aliphatic rings. The van der Waals surface area contributed by atoms with E-state index >= 15 is 0 Å². The van der Waals surface area contributed by atoms with Gasteiger partial charge in [-0.1, -0.05) is 15.9 Å². The highest BCUT2D eigenvalue weighted by atomic mass is 79.9. The van der Waals surface area contributed by atoms with E-state index in [9.17, 15) is 0 Å². The second kappa shape index (κ2) is 6.46. The van der Waals surface area contributed by atoms with Gasteiger partial charge in [0.2, 0.25) is 0 Å². The molecule has 3 atom stereocenters. The van der Waals surface area contributed by atoms with Crippen LogP contribution in [0.3, 0.4) is 0 Å². The van der Waals surface area contributed by atoms with Gasteiger partial charge in [-0.05, 0) is 54.7 Å². The van der Waals surface area contributed by atoms with Gasteiger partial charge in [0.1, 0.15) is 0 Å². The van der Waals surface area contributed by atoms with Crippen molar-refractivity contribution in [3.8, 4) is 0 Å². The molecule has 1 aromatic rings. The number of nitrogen functional groups attached to an aromatic ring is 1. The van der Waals surface area contributed by atoms with Crippen molar-refractivity contribution >= 4 is 33.4 Å². The number of hydrogen-bond acceptors (Lipinski definition) is 5. The number of hydrogen-bond donors (Lipinski definition) is 3. The molecule has 6 heteroatoms. The molecule has 1 aromatic carbocycles. The van der Waals surface area contributed by atoms with E-state index in [-0.39, 0.29) is 11.6 Å². The summed E-state index contributed by atoms with van der Waals surface area (Å²) in [6, 6.07) is 6.05. The van der Waals surface area contributed by atoms with Crippen molar-refractivity contribution in [1.82, 2.24) is 5.43 Å². The maximum Gasteiger partial charge on any atom is 0.0783 e. The zero-order valence-electron chi connectivity index (χ0n) is 12.0. The second-order valence-corrected chi connectivity index (χ2v) is 8.03. The highest BCUT2D eigenvalue weighted by Gasteiger charge is 2.42. The predicted octanol–water partition coefficient (Wildman–Crippen LogP) is 2.84. The molecule has 2 aliphatic heterocycles. The molecule has 3 unspecified atom stereocenters. The monoisotopic (exact) mass is 371 g/mol. The zero-order chi connectivity index (χ0) is 14.9. The molecule has 5 N–H and O–H groups in total. The summed E-state index contributed by atoms with van der Waals surface area (Å²) >= 11 is 5.52. The number of anilines is 1. The van der Waals surface area contributed by atoms with Gasteiger partial charge in [0.05, 0.1) is 11.6 Å². The molecule has 0 amide bonds. The van der Waals surface area contributed by atoms with Crippen LogP contribution in [0.4, 0.5) is 5.69 Å². The van der Waals surface area contributed by atoms with Crippen LogP contribution in [0.1, 0.15) is 30.9 Å². The SMILES string of the molecule is NNC(c1cc(Br)ccc1N)C1CCOC2(CCSC2)C1. The Balaban J connectivity index is 1.84. The fourth-order valence-corrected chi connectivity index (χ4v) is 5.27. The molecule has 21 heavy (non-hydrogen) atoms. The quantitative estimate of drug-likeness (QED) is 0.432. The number of ether oxygens (including phenoxy) is 1. The van der Waals surface area contributed by atoms with Crippen LogP contribution in [0.15, 0.2) is 22.7 Å². The average Bonchev–Trinajstić information content (AvgIpc) is 2.91. The number of benzene rings is 1. The lowest BCUT2D eigenvalue weighted by Gasteiger charge is -2.41. The van der Waals surface area contributed by atoms with Crippen LogP contribution in [-0.4, -0.2) is 23.7 Å². The molecule has 0 aromatic heterocycles. The van der Waals surface area contributed by atoms with E-state index in [0.717, 1.165) is 47.3 Å². The van der Waals surface area contributed by atoms with Crippen molar-refractivity contribution in [3.05, 3.63) is 28.2 Å². The van der Waals surface area contributed by atoms with Gasteiger partial charge in [-0.15, -0.1) is 0 Å². The van der Waals surface area contributed by atoms with E-state index in [1.165, 1.54) is 5.75 Å². The molecule has 2 heterocycles. The summed E-state index contributed by atoms with van der Waals surface area (Å²) in [7, 11) is 0. The van der Waals surface area contributed by atoms with E-state index < -0.39 is 0 Å². The summed E-state index contributed by atoms with van der Waals surface area (Å²) in [6.45, 7) is 0.817. The Hall–Kier alpha value is -0.270. The second-order valence-electron chi connectivity index (χ2n) is 6.00. The van der Waals surface area contributed by atoms with Crippen LogP contribution in [0.5, 0.6) is 0 Å². The fourth-order valence-electron chi connectivity index (χ4n) is 3.51. The van der Waals surface area contributed by atoms with Crippen LogP contribution in [-0.2, 0) is 4.74 Å². The van der Waals surface area contributed by atoms with Gasteiger partial charge in [0, 0.05) is 22.5 Å². The average molecular weight is 372 g/mol. The summed E-state index contributed by atoms with van der Waals surface area (Å²) in [4.78, 5) is 0. The van der Waals surface area contributed by atoms with Gasteiger partial charge in [0.15, 0.2) is 0 Å². The molecule has 0 aliphatic carbocycles. The van der Waals surface area contributed by atoms with Crippen LogP contribution in [0.2, 0.25) is 0 Å². The van der Waals surface area contributed by atoms with Crippen LogP contribution in [0.25, 0.3) is 0 Å². The first-order valence-corrected chi connectivity index (χ1v) is 9.31. The molecule has 0 bridgehead atoms. The van der Waals surface area contributed by atoms with E-state index in [1.54, 1.807) is 0 Å². The van der Waals surface area contributed by atoms with Gasteiger partial charge in [-0.3, -0.25) is 11.3 Å². The molecule has 1 spiro atoms. The summed E-state index contributed by atoms with van der Waals surface area (Å²) in [5, 5.41) is 0. The number of rotatable bonds is 3. The van der Waals surface area contributed by atoms with Crippen molar-refractivity contribution in [3.63, 3.8) is 0 Å². The highest BCUT2D eigenvalue weighted by Crippen LogP contribution is 2.44. The number of nitrogens with one attached hydrogen (secondary N) is 1. The molecule has 0 saturated carbocycles. The van der Waals surface area contributed by atoms with Crippen molar-refractivity contribution in [2.24, 2.45) is 11.8 Å². The first kappa shape index (κ1) is 15.6. The third kappa shape index (κ3) is 3.24. The molecular formula is C15H22BrN3OS. The minimum absolute atomic E-state index is 0.0590. The normalized spacial score (nSPS) is 30.7. The Morgan fingerprint density at radius 3 is 3.05 bits per heavy atom. The minimum Gasteiger partial charge on any atom is -0.398 e. The Labute approximate surface area is 138 Å². The van der Waals surface area contributed by atoms with E-state index in [0.29, 0.717) is 5.92 Å². The van der Waals surface area contributed by atoms with E-state index in [4.69, 9.17) is 16.3 Å². The number of nitrogens with two attached hydrogens (primary N) is 2. The Bertz CT molecular complexity index is 508. The summed E-state index contributed by atoms with van der Waals surface area (Å²) < 4.78 is 7.14. The number of hydrazine groups is 1. The van der Waals surface area contributed by atoms with E-state index in [1.807, 2.05) is 23.9 Å². The number of halogens is 1. The van der Waals surface area contributed by atoms with Gasteiger partial charge in [0.25, 0.3) is 0 Å². The molecule has 2 saturated heterocycles. The molecular weight excluding hydrogens is 350 g/mol. The minimum atomic E-state index is 0.0590. The van der Waals surface area contributed by atoms with Crippen LogP contribution >= 0.6 is 27.7 Å². The summed E-state index contributed by atoms with van der Waals surface area (Å²) in [5.41, 5.74) is 11.1. The standard InChI is InChI=1S/C15H22BrN3OS/c16-11-1-2-13(17)12(7-11)14(19-18)10-3-5-20-15(8-10)4-6-21-9-15/h1-2,7,10,14,19H,3-6,8-9,17-18H2. The number of thioether (sulfide) groups is 1. The molecule has 116 valence electrons. The van der Waals surface area contributed by atoms with Crippen molar-refractivity contribution in [2.75, 3.05) is 23.8 Å². The Morgan fingerprint density at radius 1 is 1.48 bits per heavy atom. The summed E-state index contributed by atoms with van der Waals surface area (Å²) in [5.74, 6) is 8.64. The molecule has 3 rings (SSSR count). The van der Waals surface area contributed by atoms with Crippen LogP contribution in [0, 0.1) is 5.92 Å². The first-order chi connectivity index (χ1) is 10.1. The third-order valence-electron chi connectivity index (χ3n) is 4.63. The maximum atomic E-state index is 6.17. The topological polar surface area (TPSA) is 73.3 Å². The predicted molar refractivity (Wildman–Crippen MR) is 92.0 cm³/mol. The van der Waals surface area contributed by atoms with Crippen molar-refractivity contribution < 1.29 is 4.74 Å². The Kier molecular flexibility index (Phi) is 4.81. The van der Waals surface area contributed by atoms with Crippen molar-refractivity contribution in [1.29, 1.82) is 0 Å². The summed E-state index contributed by atoms with van der Waals surface area (Å²) in [6.07, 6.45) is 3.23. The lowest BCUT2D eigenvalue weighted by Crippen LogP contribution is -2.45. The fraction of sp³-hybridized carbons (Fsp3) is 0.600.